The number of rotatable bonds is 5. The van der Waals surface area contributed by atoms with Gasteiger partial charge in [-0.3, -0.25) is 4.79 Å². The van der Waals surface area contributed by atoms with Gasteiger partial charge in [-0.1, -0.05) is 12.1 Å². The summed E-state index contributed by atoms with van der Waals surface area (Å²) in [5, 5.41) is 3.54. The first-order valence-electron chi connectivity index (χ1n) is 11.9. The van der Waals surface area contributed by atoms with E-state index in [9.17, 15) is 22.8 Å². The van der Waals surface area contributed by atoms with E-state index >= 15 is 0 Å². The van der Waals surface area contributed by atoms with Crippen LogP contribution in [-0.4, -0.2) is 46.6 Å². The predicted molar refractivity (Wildman–Crippen MR) is 127 cm³/mol. The summed E-state index contributed by atoms with van der Waals surface area (Å²) in [6.07, 6.45) is -0.660. The van der Waals surface area contributed by atoms with E-state index in [1.54, 1.807) is 31.7 Å². The minimum absolute atomic E-state index is 0.195. The van der Waals surface area contributed by atoms with Crippen LogP contribution in [0.1, 0.15) is 79.9 Å². The Morgan fingerprint density at radius 3 is 2.57 bits per heavy atom. The molecule has 2 amide bonds. The highest BCUT2D eigenvalue weighted by atomic mass is 32.1. The second-order valence-electron chi connectivity index (χ2n) is 10.1. The van der Waals surface area contributed by atoms with Gasteiger partial charge in [-0.15, -0.1) is 11.3 Å². The molecule has 1 unspecified atom stereocenters. The lowest BCUT2D eigenvalue weighted by Crippen LogP contribution is -2.50. The molecule has 1 aliphatic heterocycles. The molecule has 1 N–H and O–H groups in total. The maximum atomic E-state index is 13.7. The number of halogens is 3. The molecule has 1 atom stereocenters. The first-order chi connectivity index (χ1) is 16.4. The van der Waals surface area contributed by atoms with E-state index in [1.165, 1.54) is 17.4 Å². The number of thiazole rings is 1. The zero-order valence-corrected chi connectivity index (χ0v) is 20.9. The largest absolute Gasteiger partial charge is 0.444 e. The minimum Gasteiger partial charge on any atom is -0.444 e. The third-order valence-electron chi connectivity index (χ3n) is 5.99. The Bertz CT molecular complexity index is 1090. The quantitative estimate of drug-likeness (QED) is 0.519. The Morgan fingerprint density at radius 1 is 1.17 bits per heavy atom. The summed E-state index contributed by atoms with van der Waals surface area (Å²) in [6.45, 7) is 6.06. The number of carbonyl (C=O) groups excluding carboxylic acids is 2. The van der Waals surface area contributed by atoms with Gasteiger partial charge in [-0.25, -0.2) is 9.78 Å². The average molecular weight is 510 g/mol. The number of hydrogen-bond acceptors (Lipinski definition) is 5. The molecule has 1 saturated heterocycles. The summed E-state index contributed by atoms with van der Waals surface area (Å²) in [7, 11) is 0. The van der Waals surface area contributed by atoms with Crippen LogP contribution >= 0.6 is 11.3 Å². The van der Waals surface area contributed by atoms with Crippen LogP contribution in [0.3, 0.4) is 0 Å². The van der Waals surface area contributed by atoms with Crippen molar-refractivity contribution in [1.82, 2.24) is 15.2 Å². The van der Waals surface area contributed by atoms with Crippen molar-refractivity contribution in [1.29, 1.82) is 0 Å². The van der Waals surface area contributed by atoms with E-state index < -0.39 is 23.4 Å². The summed E-state index contributed by atoms with van der Waals surface area (Å²) in [4.78, 5) is 32.7. The second-order valence-corrected chi connectivity index (χ2v) is 11.1. The van der Waals surface area contributed by atoms with Gasteiger partial charge in [0.05, 0.1) is 15.4 Å². The van der Waals surface area contributed by atoms with Crippen LogP contribution in [0.25, 0.3) is 10.4 Å². The molecule has 190 valence electrons. The minimum atomic E-state index is -4.48. The number of alkyl carbamates (subject to hydrolysis) is 1. The highest BCUT2D eigenvalue weighted by Gasteiger charge is 2.36. The van der Waals surface area contributed by atoms with Crippen molar-refractivity contribution < 1.29 is 27.5 Å². The van der Waals surface area contributed by atoms with Crippen LogP contribution in [0.5, 0.6) is 0 Å². The number of piperidine rings is 1. The standard InChI is InChI=1S/C25H30F3N3O3S/c1-24(2,3)34-23(33)29-14-18-9-4-5-12-31(18)22(32)19-20(35-21(30-19)15-10-11-15)16-7-6-8-17(13-16)25(26,27)28/h6-8,13,15,18H,4-5,9-12,14H2,1-3H3,(H,29,33). The molecule has 1 aromatic carbocycles. The fourth-order valence-corrected chi connectivity index (χ4v) is 5.37. The molecule has 0 radical (unpaired) electrons. The first kappa shape index (κ1) is 25.5. The van der Waals surface area contributed by atoms with E-state index in [4.69, 9.17) is 4.74 Å². The fraction of sp³-hybridized carbons (Fsp3) is 0.560. The number of nitrogens with one attached hydrogen (secondary N) is 1. The van der Waals surface area contributed by atoms with Crippen LogP contribution in [0.2, 0.25) is 0 Å². The molecule has 6 nitrogen and oxygen atoms in total. The van der Waals surface area contributed by atoms with Gasteiger partial charge >= 0.3 is 12.3 Å². The van der Waals surface area contributed by atoms with Crippen molar-refractivity contribution in [3.05, 3.63) is 40.5 Å². The van der Waals surface area contributed by atoms with Gasteiger partial charge in [0.25, 0.3) is 5.91 Å². The monoisotopic (exact) mass is 509 g/mol. The molecule has 4 rings (SSSR count). The number of benzene rings is 1. The van der Waals surface area contributed by atoms with Crippen molar-refractivity contribution >= 4 is 23.3 Å². The van der Waals surface area contributed by atoms with E-state index in [0.717, 1.165) is 42.8 Å². The van der Waals surface area contributed by atoms with E-state index in [-0.39, 0.29) is 30.1 Å². The van der Waals surface area contributed by atoms with Gasteiger partial charge < -0.3 is 15.0 Å². The number of aromatic nitrogens is 1. The molecular weight excluding hydrogens is 479 g/mol. The third kappa shape index (κ3) is 6.34. The smallest absolute Gasteiger partial charge is 0.416 e. The number of amides is 2. The predicted octanol–water partition coefficient (Wildman–Crippen LogP) is 6.23. The summed E-state index contributed by atoms with van der Waals surface area (Å²) in [5.74, 6) is -0.0478. The van der Waals surface area contributed by atoms with Crippen LogP contribution in [0.4, 0.5) is 18.0 Å². The maximum Gasteiger partial charge on any atom is 0.416 e. The molecule has 0 bridgehead atoms. The average Bonchev–Trinajstić information content (AvgIpc) is 3.54. The number of carbonyl (C=O) groups is 2. The first-order valence-corrected chi connectivity index (χ1v) is 12.7. The van der Waals surface area contributed by atoms with Crippen LogP contribution in [0, 0.1) is 0 Å². The van der Waals surface area contributed by atoms with Crippen molar-refractivity contribution in [3.63, 3.8) is 0 Å². The zero-order chi connectivity index (χ0) is 25.4. The molecule has 1 aromatic heterocycles. The summed E-state index contributed by atoms with van der Waals surface area (Å²) in [6, 6.07) is 4.81. The van der Waals surface area contributed by atoms with E-state index in [0.29, 0.717) is 23.4 Å². The van der Waals surface area contributed by atoms with Crippen molar-refractivity contribution in [3.8, 4) is 10.4 Å². The van der Waals surface area contributed by atoms with Crippen molar-refractivity contribution in [2.75, 3.05) is 13.1 Å². The van der Waals surface area contributed by atoms with Gasteiger partial charge in [-0.2, -0.15) is 13.2 Å². The lowest BCUT2D eigenvalue weighted by molar-refractivity contribution is -0.137. The summed E-state index contributed by atoms with van der Waals surface area (Å²) < 4.78 is 45.4. The molecule has 2 aromatic rings. The van der Waals surface area contributed by atoms with Crippen LogP contribution < -0.4 is 5.32 Å². The normalized spacial score (nSPS) is 18.9. The lowest BCUT2D eigenvalue weighted by atomic mass is 10.0. The van der Waals surface area contributed by atoms with Gasteiger partial charge in [0.15, 0.2) is 0 Å². The second kappa shape index (κ2) is 9.79. The molecule has 1 aliphatic carbocycles. The number of alkyl halides is 3. The molecule has 35 heavy (non-hydrogen) atoms. The molecule has 2 heterocycles. The van der Waals surface area contributed by atoms with Crippen LogP contribution in [0.15, 0.2) is 24.3 Å². The summed E-state index contributed by atoms with van der Waals surface area (Å²) in [5.41, 5.74) is -0.855. The SMILES string of the molecule is CC(C)(C)OC(=O)NCC1CCCCN1C(=O)c1nc(C2CC2)sc1-c1cccc(C(F)(F)F)c1. The molecular formula is C25H30F3N3O3S. The van der Waals surface area contributed by atoms with Crippen molar-refractivity contribution in [2.45, 2.75) is 76.6 Å². The number of ether oxygens (including phenoxy) is 1. The highest BCUT2D eigenvalue weighted by molar-refractivity contribution is 7.15. The Kier molecular flexibility index (Phi) is 7.13. The Balaban J connectivity index is 1.60. The maximum absolute atomic E-state index is 13.7. The fourth-order valence-electron chi connectivity index (χ4n) is 4.15. The van der Waals surface area contributed by atoms with E-state index in [1.807, 2.05) is 0 Å². The Morgan fingerprint density at radius 2 is 1.91 bits per heavy atom. The number of likely N-dealkylation sites (tertiary alicyclic amines) is 1. The Hall–Kier alpha value is -2.62. The highest BCUT2D eigenvalue weighted by Crippen LogP contribution is 2.45. The molecule has 2 aliphatic rings. The number of nitrogens with zero attached hydrogens (tertiary/aromatic N) is 2. The zero-order valence-electron chi connectivity index (χ0n) is 20.1. The lowest BCUT2D eigenvalue weighted by Gasteiger charge is -2.35. The van der Waals surface area contributed by atoms with Crippen molar-refractivity contribution in [2.24, 2.45) is 0 Å². The van der Waals surface area contributed by atoms with Gasteiger partial charge in [0, 0.05) is 25.0 Å². The van der Waals surface area contributed by atoms with Crippen LogP contribution in [-0.2, 0) is 10.9 Å². The van der Waals surface area contributed by atoms with E-state index in [2.05, 4.69) is 10.3 Å². The third-order valence-corrected chi connectivity index (χ3v) is 7.26. The molecule has 1 saturated carbocycles. The molecule has 10 heteroatoms. The molecule has 0 spiro atoms. The summed E-state index contributed by atoms with van der Waals surface area (Å²) >= 11 is 1.30. The van der Waals surface area contributed by atoms with Gasteiger partial charge in [-0.05, 0) is 70.6 Å². The molecule has 2 fully saturated rings. The Labute approximate surface area is 206 Å². The number of hydrogen-bond donors (Lipinski definition) is 1. The van der Waals surface area contributed by atoms with Gasteiger partial charge in [0.1, 0.15) is 11.3 Å². The topological polar surface area (TPSA) is 71.5 Å². The van der Waals surface area contributed by atoms with Gasteiger partial charge in [0.2, 0.25) is 0 Å².